The molecule has 0 atom stereocenters. The summed E-state index contributed by atoms with van der Waals surface area (Å²) in [6, 6.07) is 9.30. The number of amides is 3. The molecule has 1 fully saturated rings. The average Bonchev–Trinajstić information content (AvgIpc) is 2.61. The van der Waals surface area contributed by atoms with Gasteiger partial charge in [-0.1, -0.05) is 30.3 Å². The Morgan fingerprint density at radius 1 is 1.17 bits per heavy atom. The Labute approximate surface area is 141 Å². The smallest absolute Gasteiger partial charge is 0.312 e. The molecule has 1 aromatic carbocycles. The third-order valence-corrected chi connectivity index (χ3v) is 4.24. The molecule has 0 aromatic heterocycles. The largest absolute Gasteiger partial charge is 0.395 e. The van der Waals surface area contributed by atoms with Crippen LogP contribution >= 0.6 is 0 Å². The van der Waals surface area contributed by atoms with E-state index >= 15 is 0 Å². The molecule has 1 aromatic rings. The van der Waals surface area contributed by atoms with Crippen molar-refractivity contribution in [1.29, 1.82) is 0 Å². The zero-order valence-corrected chi connectivity index (χ0v) is 13.6. The summed E-state index contributed by atoms with van der Waals surface area (Å²) in [7, 11) is 0. The number of primary amides is 1. The van der Waals surface area contributed by atoms with Gasteiger partial charge in [0.15, 0.2) is 0 Å². The van der Waals surface area contributed by atoms with E-state index in [9.17, 15) is 19.5 Å². The van der Waals surface area contributed by atoms with Gasteiger partial charge in [0, 0.05) is 32.1 Å². The van der Waals surface area contributed by atoms with Crippen molar-refractivity contribution in [3.8, 4) is 0 Å². The third kappa shape index (κ3) is 4.55. The van der Waals surface area contributed by atoms with E-state index in [1.165, 1.54) is 9.80 Å². The number of piperidine rings is 1. The Morgan fingerprint density at radius 2 is 1.79 bits per heavy atom. The van der Waals surface area contributed by atoms with Gasteiger partial charge in [0.05, 0.1) is 6.61 Å². The van der Waals surface area contributed by atoms with E-state index in [4.69, 9.17) is 5.73 Å². The van der Waals surface area contributed by atoms with Gasteiger partial charge in [-0.25, -0.2) is 0 Å². The van der Waals surface area contributed by atoms with Crippen LogP contribution in [0.2, 0.25) is 0 Å². The summed E-state index contributed by atoms with van der Waals surface area (Å²) < 4.78 is 0. The number of carbonyl (C=O) groups is 3. The van der Waals surface area contributed by atoms with E-state index in [1.807, 2.05) is 30.3 Å². The van der Waals surface area contributed by atoms with Crippen molar-refractivity contribution in [2.75, 3.05) is 26.2 Å². The van der Waals surface area contributed by atoms with Gasteiger partial charge in [-0.3, -0.25) is 14.4 Å². The lowest BCUT2D eigenvalue weighted by Crippen LogP contribution is -2.49. The fraction of sp³-hybridized carbons (Fsp3) is 0.471. The van der Waals surface area contributed by atoms with Gasteiger partial charge >= 0.3 is 11.8 Å². The minimum Gasteiger partial charge on any atom is -0.395 e. The molecule has 1 saturated heterocycles. The standard InChI is InChI=1S/C17H23N3O4/c18-15(22)14-6-8-19(9-7-14)16(23)17(24)20(10-11-21)12-13-4-2-1-3-5-13/h1-5,14,21H,6-12H2,(H2,18,22). The van der Waals surface area contributed by atoms with Crippen LogP contribution < -0.4 is 5.73 Å². The molecule has 0 aliphatic carbocycles. The molecule has 3 N–H and O–H groups in total. The highest BCUT2D eigenvalue weighted by atomic mass is 16.3. The van der Waals surface area contributed by atoms with Gasteiger partial charge in [-0.2, -0.15) is 0 Å². The average molecular weight is 333 g/mol. The first-order valence-electron chi connectivity index (χ1n) is 8.05. The Hall–Kier alpha value is -2.41. The Bertz CT molecular complexity index is 583. The molecule has 0 bridgehead atoms. The zero-order valence-electron chi connectivity index (χ0n) is 13.6. The van der Waals surface area contributed by atoms with Crippen molar-refractivity contribution in [3.63, 3.8) is 0 Å². The summed E-state index contributed by atoms with van der Waals surface area (Å²) >= 11 is 0. The van der Waals surface area contributed by atoms with Crippen LogP contribution in [0.5, 0.6) is 0 Å². The van der Waals surface area contributed by atoms with Gasteiger partial charge in [0.2, 0.25) is 5.91 Å². The van der Waals surface area contributed by atoms with Crippen LogP contribution in [0.25, 0.3) is 0 Å². The summed E-state index contributed by atoms with van der Waals surface area (Å²) in [6.07, 6.45) is 0.958. The van der Waals surface area contributed by atoms with Gasteiger partial charge in [0.25, 0.3) is 0 Å². The molecule has 1 aliphatic rings. The summed E-state index contributed by atoms with van der Waals surface area (Å²) in [6.45, 7) is 0.837. The van der Waals surface area contributed by atoms with E-state index in [0.717, 1.165) is 5.56 Å². The Balaban J connectivity index is 1.98. The molecular weight excluding hydrogens is 310 g/mol. The Morgan fingerprint density at radius 3 is 2.33 bits per heavy atom. The van der Waals surface area contributed by atoms with Crippen LogP contribution in [-0.2, 0) is 20.9 Å². The van der Waals surface area contributed by atoms with E-state index in [-0.39, 0.29) is 31.5 Å². The first kappa shape index (κ1) is 17.9. The van der Waals surface area contributed by atoms with E-state index in [2.05, 4.69) is 0 Å². The molecule has 7 heteroatoms. The number of benzene rings is 1. The number of aliphatic hydroxyl groups is 1. The van der Waals surface area contributed by atoms with Crippen LogP contribution in [0.1, 0.15) is 18.4 Å². The lowest BCUT2D eigenvalue weighted by molar-refractivity contribution is -0.153. The van der Waals surface area contributed by atoms with Crippen LogP contribution in [0.15, 0.2) is 30.3 Å². The molecule has 2 rings (SSSR count). The molecule has 0 radical (unpaired) electrons. The van der Waals surface area contributed by atoms with Gasteiger partial charge in [-0.15, -0.1) is 0 Å². The lowest BCUT2D eigenvalue weighted by Gasteiger charge is -2.31. The Kier molecular flexibility index (Phi) is 6.31. The first-order chi connectivity index (χ1) is 11.5. The first-order valence-corrected chi connectivity index (χ1v) is 8.05. The fourth-order valence-corrected chi connectivity index (χ4v) is 2.81. The highest BCUT2D eigenvalue weighted by Gasteiger charge is 2.31. The SMILES string of the molecule is NC(=O)C1CCN(C(=O)C(=O)N(CCO)Cc2ccccc2)CC1. The minimum atomic E-state index is -0.634. The number of rotatable bonds is 5. The van der Waals surface area contributed by atoms with Crippen molar-refractivity contribution < 1.29 is 19.5 Å². The summed E-state index contributed by atoms with van der Waals surface area (Å²) in [5.41, 5.74) is 6.17. The van der Waals surface area contributed by atoms with Crippen LogP contribution in [0.3, 0.4) is 0 Å². The van der Waals surface area contributed by atoms with Crippen molar-refractivity contribution >= 4 is 17.7 Å². The number of carbonyl (C=O) groups excluding carboxylic acids is 3. The zero-order chi connectivity index (χ0) is 17.5. The third-order valence-electron chi connectivity index (χ3n) is 4.24. The molecule has 7 nitrogen and oxygen atoms in total. The molecule has 0 spiro atoms. The maximum Gasteiger partial charge on any atom is 0.312 e. The summed E-state index contributed by atoms with van der Waals surface area (Å²) in [5, 5.41) is 9.18. The van der Waals surface area contributed by atoms with E-state index < -0.39 is 11.8 Å². The molecule has 1 aliphatic heterocycles. The summed E-state index contributed by atoms with van der Waals surface area (Å²) in [4.78, 5) is 38.9. The van der Waals surface area contributed by atoms with Gasteiger partial charge < -0.3 is 20.6 Å². The van der Waals surface area contributed by atoms with Gasteiger partial charge in [0.1, 0.15) is 0 Å². The van der Waals surface area contributed by atoms with Crippen molar-refractivity contribution in [2.45, 2.75) is 19.4 Å². The number of hydrogen-bond donors (Lipinski definition) is 2. The van der Waals surface area contributed by atoms with Crippen molar-refractivity contribution in [1.82, 2.24) is 9.80 Å². The molecular formula is C17H23N3O4. The second-order valence-corrected chi connectivity index (χ2v) is 5.90. The van der Waals surface area contributed by atoms with Crippen LogP contribution in [-0.4, -0.2) is 58.9 Å². The number of nitrogens with zero attached hydrogens (tertiary/aromatic N) is 2. The quantitative estimate of drug-likeness (QED) is 0.724. The summed E-state index contributed by atoms with van der Waals surface area (Å²) in [5.74, 6) is -1.82. The number of aliphatic hydroxyl groups excluding tert-OH is 1. The van der Waals surface area contributed by atoms with Crippen LogP contribution in [0, 0.1) is 5.92 Å². The second kappa shape index (κ2) is 8.44. The monoisotopic (exact) mass is 333 g/mol. The maximum absolute atomic E-state index is 12.5. The lowest BCUT2D eigenvalue weighted by atomic mass is 9.96. The minimum absolute atomic E-state index is 0.0945. The van der Waals surface area contributed by atoms with E-state index in [1.54, 1.807) is 0 Å². The molecule has 130 valence electrons. The highest BCUT2D eigenvalue weighted by molar-refractivity contribution is 6.34. The molecule has 0 unspecified atom stereocenters. The predicted molar refractivity (Wildman–Crippen MR) is 87.4 cm³/mol. The van der Waals surface area contributed by atoms with Crippen molar-refractivity contribution in [3.05, 3.63) is 35.9 Å². The topological polar surface area (TPSA) is 104 Å². The molecule has 0 saturated carbocycles. The number of hydrogen-bond acceptors (Lipinski definition) is 4. The van der Waals surface area contributed by atoms with Crippen LogP contribution in [0.4, 0.5) is 0 Å². The van der Waals surface area contributed by atoms with Gasteiger partial charge in [-0.05, 0) is 18.4 Å². The fourth-order valence-electron chi connectivity index (χ4n) is 2.81. The predicted octanol–water partition coefficient (Wildman–Crippen LogP) is -0.269. The number of likely N-dealkylation sites (tertiary alicyclic amines) is 1. The number of nitrogens with two attached hydrogens (primary N) is 1. The highest BCUT2D eigenvalue weighted by Crippen LogP contribution is 2.17. The molecule has 24 heavy (non-hydrogen) atoms. The molecule has 1 heterocycles. The normalized spacial score (nSPS) is 15.1. The maximum atomic E-state index is 12.5. The second-order valence-electron chi connectivity index (χ2n) is 5.90. The van der Waals surface area contributed by atoms with Crippen molar-refractivity contribution in [2.24, 2.45) is 11.7 Å². The van der Waals surface area contributed by atoms with E-state index in [0.29, 0.717) is 25.9 Å². The molecule has 3 amide bonds.